The predicted molar refractivity (Wildman–Crippen MR) is 356 cm³/mol. The molecule has 0 radical (unpaired) electrons. The maximum Gasteiger partial charge on any atom is 0.261 e. The van der Waals surface area contributed by atoms with E-state index in [4.69, 9.17) is 29.9 Å². The fourth-order valence-electron chi connectivity index (χ4n) is 11.0. The van der Waals surface area contributed by atoms with Crippen LogP contribution in [0.5, 0.6) is 0 Å². The summed E-state index contributed by atoms with van der Waals surface area (Å²) >= 11 is 0. The maximum atomic E-state index is 13.2. The fourth-order valence-corrected chi connectivity index (χ4v) is 11.0. The smallest absolute Gasteiger partial charge is 0.261 e. The molecule has 10 aromatic carbocycles. The van der Waals surface area contributed by atoms with Crippen molar-refractivity contribution in [1.29, 1.82) is 0 Å². The summed E-state index contributed by atoms with van der Waals surface area (Å²) in [7, 11) is 0. The molecular weight excluding hydrogens is 1060 g/mol. The van der Waals surface area contributed by atoms with Gasteiger partial charge in [0.05, 0.1) is 0 Å². The maximum absolute atomic E-state index is 13.2. The Hall–Kier alpha value is -11.3. The molecule has 0 amide bonds. The molecule has 1 atom stereocenters. The van der Waals surface area contributed by atoms with Gasteiger partial charge in [-0.05, 0) is 151 Å². The highest BCUT2D eigenvalue weighted by Gasteiger charge is 2.24. The Labute approximate surface area is 507 Å². The molecule has 416 valence electrons. The van der Waals surface area contributed by atoms with E-state index < -0.39 is 0 Å². The van der Waals surface area contributed by atoms with Crippen molar-refractivity contribution in [3.8, 4) is 101 Å². The van der Waals surface area contributed by atoms with E-state index in [1.807, 2.05) is 127 Å². The van der Waals surface area contributed by atoms with Gasteiger partial charge >= 0.3 is 0 Å². The first-order chi connectivity index (χ1) is 42.8. The summed E-state index contributed by atoms with van der Waals surface area (Å²) in [5, 5.41) is 14.1. The molecule has 0 saturated carbocycles. The number of hydrogen-bond donors (Lipinski definition) is 1. The Bertz CT molecular complexity index is 4230. The monoisotopic (exact) mass is 1120 g/mol. The van der Waals surface area contributed by atoms with E-state index in [-0.39, 0.29) is 23.6 Å². The van der Waals surface area contributed by atoms with Crippen molar-refractivity contribution < 1.29 is 5.21 Å². The van der Waals surface area contributed by atoms with Crippen LogP contribution in [0.15, 0.2) is 316 Å². The van der Waals surface area contributed by atoms with Crippen LogP contribution < -0.4 is 5.06 Å². The topological polar surface area (TPSA) is 101 Å². The van der Waals surface area contributed by atoms with E-state index in [1.165, 1.54) is 5.57 Å². The Balaban J connectivity index is 1.05. The Morgan fingerprint density at radius 1 is 0.391 bits per heavy atom. The molecule has 13 rings (SSSR count). The van der Waals surface area contributed by atoms with Crippen LogP contribution >= 0.6 is 0 Å². The lowest BCUT2D eigenvalue weighted by Crippen LogP contribution is -2.20. The quantitative estimate of drug-likeness (QED) is 0.0711. The van der Waals surface area contributed by atoms with Crippen LogP contribution in [-0.4, -0.2) is 35.1 Å². The highest BCUT2D eigenvalue weighted by atomic mass is 16.5. The largest absolute Gasteiger partial charge is 0.278 e. The van der Waals surface area contributed by atoms with Gasteiger partial charge in [0.25, 0.3) is 11.9 Å². The lowest BCUT2D eigenvalue weighted by atomic mass is 9.93. The van der Waals surface area contributed by atoms with Gasteiger partial charge in [-0.1, -0.05) is 262 Å². The molecule has 8 nitrogen and oxygen atoms in total. The summed E-state index contributed by atoms with van der Waals surface area (Å²) in [6, 6.07) is 91.0. The van der Waals surface area contributed by atoms with Crippen molar-refractivity contribution in [3.05, 3.63) is 327 Å². The van der Waals surface area contributed by atoms with Crippen LogP contribution in [0, 0.1) is 5.92 Å². The summed E-state index contributed by atoms with van der Waals surface area (Å²) in [5.74, 6) is 1.10. The molecule has 8 heteroatoms. The summed E-state index contributed by atoms with van der Waals surface area (Å²) in [5.41, 5.74) is 17.9. The normalized spacial score (nSPS) is 12.6. The second-order valence-corrected chi connectivity index (χ2v) is 21.4. The molecule has 2 aromatic heterocycles. The Morgan fingerprint density at radius 3 is 1.05 bits per heavy atom. The third-order valence-electron chi connectivity index (χ3n) is 15.6. The summed E-state index contributed by atoms with van der Waals surface area (Å²) in [6.45, 7) is 6.58. The summed E-state index contributed by atoms with van der Waals surface area (Å²) in [6.07, 6.45) is 13.5. The van der Waals surface area contributed by atoms with E-state index in [0.29, 0.717) is 39.7 Å². The lowest BCUT2D eigenvalue weighted by Gasteiger charge is -2.18. The van der Waals surface area contributed by atoms with Crippen LogP contribution in [0.25, 0.3) is 112 Å². The number of anilines is 2. The first kappa shape index (κ1) is 54.9. The molecule has 12 aromatic rings. The molecule has 0 unspecified atom stereocenters. The minimum atomic E-state index is -0.121. The minimum Gasteiger partial charge on any atom is -0.278 e. The highest BCUT2D eigenvalue weighted by molar-refractivity contribution is 5.88. The van der Waals surface area contributed by atoms with E-state index in [2.05, 4.69) is 183 Å². The van der Waals surface area contributed by atoms with Gasteiger partial charge in [-0.3, -0.25) is 5.21 Å². The number of aromatic nitrogens is 6. The van der Waals surface area contributed by atoms with Gasteiger partial charge in [-0.15, -0.1) is 0 Å². The zero-order valence-electron chi connectivity index (χ0n) is 47.9. The second-order valence-electron chi connectivity index (χ2n) is 21.4. The van der Waals surface area contributed by atoms with Crippen molar-refractivity contribution in [3.63, 3.8) is 0 Å². The van der Waals surface area contributed by atoms with Crippen molar-refractivity contribution in [1.82, 2.24) is 29.9 Å². The number of allylic oxidation sites excluding steroid dienone is 9. The van der Waals surface area contributed by atoms with Crippen molar-refractivity contribution in [2.45, 2.75) is 13.3 Å². The van der Waals surface area contributed by atoms with Crippen molar-refractivity contribution >= 4 is 23.0 Å². The van der Waals surface area contributed by atoms with Gasteiger partial charge in [0.15, 0.2) is 23.3 Å². The standard InChI is InChI=1S/C79H59N7O/c1-3-55(44-64(57-29-11-4-12-30-57)43-54(2)56-27-25-26-28-56)74-80-75(71-48-65(58-31-13-5-14-32-58)45-66(49-71)59-33-15-6-16-34-59)83-78(82-74)86(87)79-84-76(72-50-67(60-35-17-7-18-36-60)46-68(51-72)61-37-19-8-20-38-61)81-77(85-79)73-52-69(62-39-21-9-22-40-62)47-70(53-73)63-41-23-10-24-42-63/h3-27,29-54,87H,1,28H2,2H3/b55-44+,64-43+/t54-/m0/s1. The third-order valence-corrected chi connectivity index (χ3v) is 15.6. The summed E-state index contributed by atoms with van der Waals surface area (Å²) in [4.78, 5) is 31.4. The van der Waals surface area contributed by atoms with Gasteiger partial charge in [-0.25, -0.2) is 9.97 Å². The Kier molecular flexibility index (Phi) is 15.9. The predicted octanol–water partition coefficient (Wildman–Crippen LogP) is 19.8. The van der Waals surface area contributed by atoms with E-state index in [1.54, 1.807) is 6.08 Å². The molecule has 1 N–H and O–H groups in total. The molecule has 1 aliphatic rings. The van der Waals surface area contributed by atoms with E-state index in [9.17, 15) is 5.21 Å². The molecule has 2 heterocycles. The average molecular weight is 1120 g/mol. The van der Waals surface area contributed by atoms with Crippen LogP contribution in [-0.2, 0) is 0 Å². The van der Waals surface area contributed by atoms with Crippen LogP contribution in [0.3, 0.4) is 0 Å². The zero-order chi connectivity index (χ0) is 58.9. The number of nitrogens with zero attached hydrogens (tertiary/aromatic N) is 7. The van der Waals surface area contributed by atoms with Gasteiger partial charge in [0.1, 0.15) is 0 Å². The van der Waals surface area contributed by atoms with Gasteiger partial charge in [0.2, 0.25) is 0 Å². The molecule has 0 bridgehead atoms. The first-order valence-electron chi connectivity index (χ1n) is 29.1. The zero-order valence-corrected chi connectivity index (χ0v) is 47.9. The lowest BCUT2D eigenvalue weighted by molar-refractivity contribution is 0.287. The highest BCUT2D eigenvalue weighted by Crippen LogP contribution is 2.39. The molecule has 0 spiro atoms. The first-order valence-corrected chi connectivity index (χ1v) is 29.1. The second kappa shape index (κ2) is 25.3. The summed E-state index contributed by atoms with van der Waals surface area (Å²) < 4.78 is 0. The van der Waals surface area contributed by atoms with Crippen LogP contribution in [0.1, 0.15) is 24.7 Å². The van der Waals surface area contributed by atoms with Crippen molar-refractivity contribution in [2.24, 2.45) is 5.92 Å². The van der Waals surface area contributed by atoms with Crippen LogP contribution in [0.4, 0.5) is 11.9 Å². The van der Waals surface area contributed by atoms with Crippen molar-refractivity contribution in [2.75, 3.05) is 5.06 Å². The SMILES string of the molecule is C=C/C(=C\C(=C/[C@H](C)C1=CC=CC1)c1ccccc1)c1nc(-c2cc(-c3ccccc3)cc(-c3ccccc3)c2)nc(N(O)c2nc(-c3cc(-c4ccccc4)cc(-c4ccccc4)c3)nc(-c3cc(-c4ccccc4)cc(-c4ccccc4)c3)n2)n1. The number of hydrogen-bond acceptors (Lipinski definition) is 8. The van der Waals surface area contributed by atoms with E-state index in [0.717, 1.165) is 89.4 Å². The Morgan fingerprint density at radius 2 is 0.713 bits per heavy atom. The molecule has 0 fully saturated rings. The average Bonchev–Trinajstić information content (AvgIpc) is 2.10. The molecular formula is C79H59N7O. The molecule has 0 saturated heterocycles. The number of rotatable bonds is 17. The number of benzene rings is 10. The fraction of sp³-hybridized carbons (Fsp3) is 0.0380. The molecule has 87 heavy (non-hydrogen) atoms. The van der Waals surface area contributed by atoms with Crippen LogP contribution in [0.2, 0.25) is 0 Å². The minimum absolute atomic E-state index is 0.111. The van der Waals surface area contributed by atoms with Gasteiger partial charge in [-0.2, -0.15) is 25.0 Å². The molecule has 1 aliphatic carbocycles. The van der Waals surface area contributed by atoms with E-state index >= 15 is 0 Å². The van der Waals surface area contributed by atoms with Gasteiger partial charge < -0.3 is 0 Å². The van der Waals surface area contributed by atoms with Gasteiger partial charge in [0, 0.05) is 22.3 Å². The molecule has 0 aliphatic heterocycles. The third kappa shape index (κ3) is 12.5.